The van der Waals surface area contributed by atoms with Crippen LogP contribution < -0.4 is 5.73 Å². The zero-order chi connectivity index (χ0) is 18.9. The van der Waals surface area contributed by atoms with Gasteiger partial charge >= 0.3 is 5.97 Å². The molecule has 2 saturated heterocycles. The first-order valence-electron chi connectivity index (χ1n) is 7.53. The van der Waals surface area contributed by atoms with Gasteiger partial charge in [-0.25, -0.2) is 4.79 Å². The fraction of sp³-hybridized carbons (Fsp3) is 0.923. The van der Waals surface area contributed by atoms with Gasteiger partial charge in [-0.1, -0.05) is 0 Å². The van der Waals surface area contributed by atoms with E-state index in [1.54, 1.807) is 0 Å². The van der Waals surface area contributed by atoms with E-state index >= 15 is 0 Å². The van der Waals surface area contributed by atoms with Gasteiger partial charge in [0.2, 0.25) is 0 Å². The molecule has 2 fully saturated rings. The number of aliphatic hydroxyl groups is 5. The molecule has 12 heteroatoms. The molecule has 0 aromatic carbocycles. The number of nitrogens with two attached hydrogens (primary N) is 1. The van der Waals surface area contributed by atoms with Crippen molar-refractivity contribution in [3.8, 4) is 0 Å². The Balaban J connectivity index is 2.20. The van der Waals surface area contributed by atoms with Gasteiger partial charge in [0, 0.05) is 7.11 Å². The molecule has 12 nitrogen and oxygen atoms in total. The molecule has 2 aliphatic heterocycles. The monoisotopic (exact) mass is 369 g/mol. The Hall–Kier alpha value is -0.930. The fourth-order valence-corrected chi connectivity index (χ4v) is 2.86. The smallest absolute Gasteiger partial charge is 0.335 e. The summed E-state index contributed by atoms with van der Waals surface area (Å²) in [5.74, 6) is -1.55. The molecule has 2 rings (SSSR count). The minimum absolute atomic E-state index is 0.596. The Bertz CT molecular complexity index is 465. The molecule has 10 atom stereocenters. The average Bonchev–Trinajstić information content (AvgIpc) is 2.57. The maximum atomic E-state index is 11.3. The molecule has 0 saturated carbocycles. The number of carboxylic acid groups (broad SMARTS) is 1. The van der Waals surface area contributed by atoms with Gasteiger partial charge in [-0.15, -0.1) is 0 Å². The first kappa shape index (κ1) is 20.4. The molecule has 0 spiro atoms. The van der Waals surface area contributed by atoms with Crippen LogP contribution in [0, 0.1) is 0 Å². The molecule has 2 heterocycles. The summed E-state index contributed by atoms with van der Waals surface area (Å²) in [6, 6.07) is -1.10. The summed E-state index contributed by atoms with van der Waals surface area (Å²) in [5.41, 5.74) is 5.89. The van der Waals surface area contributed by atoms with E-state index < -0.39 is 73.9 Å². The average molecular weight is 369 g/mol. The van der Waals surface area contributed by atoms with Crippen molar-refractivity contribution in [3.05, 3.63) is 0 Å². The van der Waals surface area contributed by atoms with E-state index in [0.29, 0.717) is 0 Å². The molecular weight excluding hydrogens is 346 g/mol. The van der Waals surface area contributed by atoms with Gasteiger partial charge in [0.1, 0.15) is 36.6 Å². The topological polar surface area (TPSA) is 201 Å². The predicted octanol–water partition coefficient (Wildman–Crippen LogP) is -4.68. The van der Waals surface area contributed by atoms with E-state index in [9.17, 15) is 35.4 Å². The fourth-order valence-electron chi connectivity index (χ4n) is 2.86. The van der Waals surface area contributed by atoms with Crippen LogP contribution in [0.3, 0.4) is 0 Å². The summed E-state index contributed by atoms with van der Waals surface area (Å²) in [5, 5.41) is 57.6. The Morgan fingerprint density at radius 3 is 2.24 bits per heavy atom. The lowest BCUT2D eigenvalue weighted by Crippen LogP contribution is -2.67. The second-order valence-corrected chi connectivity index (χ2v) is 5.86. The third-order valence-electron chi connectivity index (χ3n) is 4.27. The number of aliphatic carboxylic acids is 1. The highest BCUT2D eigenvalue weighted by atomic mass is 16.7. The molecule has 2 aliphatic rings. The van der Waals surface area contributed by atoms with E-state index in [1.807, 2.05) is 0 Å². The van der Waals surface area contributed by atoms with Crippen LogP contribution in [0.2, 0.25) is 0 Å². The second-order valence-electron chi connectivity index (χ2n) is 5.86. The normalized spacial score (nSPS) is 48.3. The van der Waals surface area contributed by atoms with Crippen LogP contribution in [0.15, 0.2) is 0 Å². The minimum Gasteiger partial charge on any atom is -0.479 e. The summed E-state index contributed by atoms with van der Waals surface area (Å²) in [6.45, 7) is -0.596. The Morgan fingerprint density at radius 1 is 1.08 bits per heavy atom. The third-order valence-corrected chi connectivity index (χ3v) is 4.27. The van der Waals surface area contributed by atoms with E-state index in [1.165, 1.54) is 7.11 Å². The molecule has 0 aromatic heterocycles. The number of ether oxygens (including phenoxy) is 4. The highest BCUT2D eigenvalue weighted by Crippen LogP contribution is 2.28. The third kappa shape index (κ3) is 3.93. The quantitative estimate of drug-likeness (QED) is 0.244. The van der Waals surface area contributed by atoms with Crippen molar-refractivity contribution in [3.63, 3.8) is 0 Å². The van der Waals surface area contributed by atoms with Crippen LogP contribution in [0.25, 0.3) is 0 Å². The molecule has 0 amide bonds. The zero-order valence-electron chi connectivity index (χ0n) is 13.3. The predicted molar refractivity (Wildman–Crippen MR) is 75.9 cm³/mol. The van der Waals surface area contributed by atoms with Crippen LogP contribution in [-0.2, 0) is 23.7 Å². The number of rotatable bonds is 5. The van der Waals surface area contributed by atoms with Crippen molar-refractivity contribution in [2.75, 3.05) is 13.7 Å². The molecule has 25 heavy (non-hydrogen) atoms. The van der Waals surface area contributed by atoms with Gasteiger partial charge in [-0.2, -0.15) is 0 Å². The van der Waals surface area contributed by atoms with Crippen LogP contribution >= 0.6 is 0 Å². The summed E-state index contributed by atoms with van der Waals surface area (Å²) < 4.78 is 20.5. The lowest BCUT2D eigenvalue weighted by molar-refractivity contribution is -0.334. The summed E-state index contributed by atoms with van der Waals surface area (Å²) in [4.78, 5) is 11.3. The van der Waals surface area contributed by atoms with Crippen molar-refractivity contribution in [2.24, 2.45) is 5.73 Å². The van der Waals surface area contributed by atoms with Crippen LogP contribution in [0.4, 0.5) is 0 Å². The maximum Gasteiger partial charge on any atom is 0.335 e. The second kappa shape index (κ2) is 8.18. The van der Waals surface area contributed by atoms with E-state index in [2.05, 4.69) is 0 Å². The minimum atomic E-state index is -1.92. The number of carboxylic acids is 1. The highest BCUT2D eigenvalue weighted by molar-refractivity contribution is 5.73. The van der Waals surface area contributed by atoms with E-state index in [-0.39, 0.29) is 0 Å². The van der Waals surface area contributed by atoms with Crippen molar-refractivity contribution < 1.29 is 54.4 Å². The SMILES string of the molecule is CO[C@H]1C(O)C(CO)O[C@@H](O[C@@H]2C(C(=O)O)OC(O)C(O)C2O)C1N. The number of hydrogen-bond donors (Lipinski definition) is 7. The van der Waals surface area contributed by atoms with Gasteiger partial charge in [0.05, 0.1) is 12.6 Å². The lowest BCUT2D eigenvalue weighted by Gasteiger charge is -2.45. The van der Waals surface area contributed by atoms with Gasteiger partial charge in [-0.05, 0) is 0 Å². The summed E-state index contributed by atoms with van der Waals surface area (Å²) >= 11 is 0. The van der Waals surface area contributed by atoms with Crippen molar-refractivity contribution in [1.29, 1.82) is 0 Å². The largest absolute Gasteiger partial charge is 0.479 e. The van der Waals surface area contributed by atoms with Gasteiger partial charge in [-0.3, -0.25) is 0 Å². The number of methoxy groups -OCH3 is 1. The van der Waals surface area contributed by atoms with Gasteiger partial charge in [0.15, 0.2) is 18.7 Å². The molecule has 8 N–H and O–H groups in total. The first-order chi connectivity index (χ1) is 11.7. The Labute approximate surface area is 142 Å². The van der Waals surface area contributed by atoms with Crippen LogP contribution in [0.5, 0.6) is 0 Å². The summed E-state index contributed by atoms with van der Waals surface area (Å²) in [7, 11) is 1.27. The number of aliphatic hydroxyl groups excluding tert-OH is 5. The lowest BCUT2D eigenvalue weighted by atomic mass is 9.96. The standard InChI is InChI=1S/C13H23NO11/c1-22-8-4(14)13(23-3(2-15)5(8)16)25-9-6(17)7(18)12(21)24-10(9)11(19)20/h3-10,12-13,15-18,21H,2,14H2,1H3,(H,19,20)/t3?,4?,5?,6?,7?,8-,9+,10?,12?,13+/m1/s1. The van der Waals surface area contributed by atoms with Gasteiger partial charge in [0.25, 0.3) is 0 Å². The molecule has 0 aliphatic carbocycles. The maximum absolute atomic E-state index is 11.3. The van der Waals surface area contributed by atoms with Gasteiger partial charge < -0.3 is 55.3 Å². The van der Waals surface area contributed by atoms with Crippen molar-refractivity contribution in [1.82, 2.24) is 0 Å². The Kier molecular flexibility index (Phi) is 6.67. The molecule has 0 aromatic rings. The van der Waals surface area contributed by atoms with Crippen molar-refractivity contribution in [2.45, 2.75) is 61.3 Å². The molecule has 146 valence electrons. The highest BCUT2D eigenvalue weighted by Gasteiger charge is 2.52. The van der Waals surface area contributed by atoms with Crippen LogP contribution in [0.1, 0.15) is 0 Å². The molecule has 7 unspecified atom stereocenters. The zero-order valence-corrected chi connectivity index (χ0v) is 13.3. The van der Waals surface area contributed by atoms with E-state index in [0.717, 1.165) is 0 Å². The number of hydrogen-bond acceptors (Lipinski definition) is 11. The molecule has 0 radical (unpaired) electrons. The number of carbonyl (C=O) groups is 1. The molecular formula is C13H23NO11. The molecule has 0 bridgehead atoms. The summed E-state index contributed by atoms with van der Waals surface area (Å²) in [6.07, 6.45) is -13.8. The first-order valence-corrected chi connectivity index (χ1v) is 7.53. The Morgan fingerprint density at radius 2 is 1.72 bits per heavy atom. The van der Waals surface area contributed by atoms with Crippen LogP contribution in [-0.4, -0.2) is 112 Å². The van der Waals surface area contributed by atoms with Crippen molar-refractivity contribution >= 4 is 5.97 Å². The van der Waals surface area contributed by atoms with E-state index in [4.69, 9.17) is 24.7 Å².